The Hall–Kier alpha value is -0.570. The number of rotatable bonds is 5. The third kappa shape index (κ3) is 4.34. The zero-order chi connectivity index (χ0) is 9.78. The van der Waals surface area contributed by atoms with Gasteiger partial charge in [0.25, 0.3) is 0 Å². The van der Waals surface area contributed by atoms with Crippen molar-refractivity contribution in [3.63, 3.8) is 0 Å². The van der Waals surface area contributed by atoms with Crippen molar-refractivity contribution in [2.24, 2.45) is 11.7 Å². The number of ether oxygens (including phenoxy) is 1. The first kappa shape index (κ1) is 11.4. The van der Waals surface area contributed by atoms with E-state index in [2.05, 4.69) is 6.92 Å². The van der Waals surface area contributed by atoms with Crippen LogP contribution in [0.25, 0.3) is 0 Å². The Bertz CT molecular complexity index is 155. The van der Waals surface area contributed by atoms with E-state index in [0.717, 1.165) is 6.42 Å². The lowest BCUT2D eigenvalue weighted by atomic mass is 10.1. The van der Waals surface area contributed by atoms with Crippen LogP contribution in [0.5, 0.6) is 0 Å². The Morgan fingerprint density at radius 1 is 1.58 bits per heavy atom. The molecule has 0 fully saturated rings. The maximum absolute atomic E-state index is 7.16. The third-order valence-corrected chi connectivity index (χ3v) is 2.11. The molecule has 0 aliphatic heterocycles. The zero-order valence-corrected chi connectivity index (χ0v) is 8.48. The molecule has 0 bridgehead atoms. The largest absolute Gasteiger partial charge is 0.387 e. The van der Waals surface area contributed by atoms with Crippen LogP contribution in [0.2, 0.25) is 0 Å². The highest BCUT2D eigenvalue weighted by atomic mass is 16.5. The molecule has 0 aromatic carbocycles. The topological polar surface area (TPSA) is 59.1 Å². The van der Waals surface area contributed by atoms with E-state index < -0.39 is 0 Å². The van der Waals surface area contributed by atoms with Gasteiger partial charge in [-0.15, -0.1) is 0 Å². The van der Waals surface area contributed by atoms with Crippen LogP contribution in [0.3, 0.4) is 0 Å². The molecule has 0 spiro atoms. The second kappa shape index (κ2) is 4.45. The quantitative estimate of drug-likeness (QED) is 0.490. The van der Waals surface area contributed by atoms with Crippen LogP contribution < -0.4 is 5.73 Å². The Morgan fingerprint density at radius 3 is 2.42 bits per heavy atom. The summed E-state index contributed by atoms with van der Waals surface area (Å²) in [6.45, 7) is 8.60. The second-order valence-electron chi connectivity index (χ2n) is 3.78. The molecule has 0 radical (unpaired) electrons. The third-order valence-electron chi connectivity index (χ3n) is 2.11. The predicted molar refractivity (Wildman–Crippen MR) is 51.4 cm³/mol. The van der Waals surface area contributed by atoms with Crippen molar-refractivity contribution in [3.8, 4) is 0 Å². The van der Waals surface area contributed by atoms with Crippen LogP contribution in [0.15, 0.2) is 0 Å². The molecule has 0 aliphatic carbocycles. The first-order valence-corrected chi connectivity index (χ1v) is 4.37. The summed E-state index contributed by atoms with van der Waals surface area (Å²) in [5.74, 6) is 0.220. The highest BCUT2D eigenvalue weighted by molar-refractivity contribution is 5.79. The van der Waals surface area contributed by atoms with Crippen molar-refractivity contribution in [3.05, 3.63) is 0 Å². The minimum absolute atomic E-state index is 0.0239. The second-order valence-corrected chi connectivity index (χ2v) is 3.78. The Morgan fingerprint density at radius 2 is 2.08 bits per heavy atom. The molecule has 3 heteroatoms. The van der Waals surface area contributed by atoms with Gasteiger partial charge in [-0.25, -0.2) is 0 Å². The molecular formula is C9H20N2O. The van der Waals surface area contributed by atoms with Gasteiger partial charge >= 0.3 is 0 Å². The van der Waals surface area contributed by atoms with E-state index in [9.17, 15) is 0 Å². The number of amidine groups is 1. The summed E-state index contributed by atoms with van der Waals surface area (Å²) < 4.78 is 5.58. The van der Waals surface area contributed by atoms with E-state index in [1.165, 1.54) is 0 Å². The maximum Gasteiger partial charge on any atom is 0.0957 e. The fourth-order valence-corrected chi connectivity index (χ4v) is 0.542. The standard InChI is InChI=1S/C9H20N2O/c1-5-9(3,4)12-6-7(2)8(10)11/h7H,5-6H2,1-4H3,(H3,10,11). The smallest absolute Gasteiger partial charge is 0.0957 e. The molecule has 3 nitrogen and oxygen atoms in total. The Labute approximate surface area is 74.8 Å². The monoisotopic (exact) mass is 172 g/mol. The summed E-state index contributed by atoms with van der Waals surface area (Å²) in [6, 6.07) is 0. The molecule has 12 heavy (non-hydrogen) atoms. The van der Waals surface area contributed by atoms with Crippen LogP contribution in [-0.4, -0.2) is 18.0 Å². The number of hydrogen-bond acceptors (Lipinski definition) is 2. The van der Waals surface area contributed by atoms with Gasteiger partial charge in [-0.3, -0.25) is 5.41 Å². The molecule has 72 valence electrons. The van der Waals surface area contributed by atoms with Crippen LogP contribution in [0, 0.1) is 11.3 Å². The molecular weight excluding hydrogens is 152 g/mol. The van der Waals surface area contributed by atoms with E-state index in [1.807, 2.05) is 20.8 Å². The Balaban J connectivity index is 3.75. The molecule has 1 atom stereocenters. The summed E-state index contributed by atoms with van der Waals surface area (Å²) in [5.41, 5.74) is 5.22. The van der Waals surface area contributed by atoms with Gasteiger partial charge < -0.3 is 10.5 Å². The number of hydrogen-bond donors (Lipinski definition) is 2. The van der Waals surface area contributed by atoms with Gasteiger partial charge in [-0.2, -0.15) is 0 Å². The minimum atomic E-state index is -0.0935. The van der Waals surface area contributed by atoms with Gasteiger partial charge in [-0.1, -0.05) is 13.8 Å². The van der Waals surface area contributed by atoms with Crippen LogP contribution in [0.1, 0.15) is 34.1 Å². The first-order valence-electron chi connectivity index (χ1n) is 4.37. The molecule has 0 heterocycles. The first-order chi connectivity index (χ1) is 5.39. The van der Waals surface area contributed by atoms with Gasteiger partial charge in [0.2, 0.25) is 0 Å². The highest BCUT2D eigenvalue weighted by Crippen LogP contribution is 2.14. The van der Waals surface area contributed by atoms with Crippen molar-refractivity contribution < 1.29 is 4.74 Å². The van der Waals surface area contributed by atoms with E-state index in [4.69, 9.17) is 15.9 Å². The van der Waals surface area contributed by atoms with Gasteiger partial charge in [0.05, 0.1) is 18.0 Å². The number of nitrogens with two attached hydrogens (primary N) is 1. The summed E-state index contributed by atoms with van der Waals surface area (Å²) in [7, 11) is 0. The lowest BCUT2D eigenvalue weighted by Crippen LogP contribution is -2.30. The van der Waals surface area contributed by atoms with Crippen molar-refractivity contribution >= 4 is 5.84 Å². The predicted octanol–water partition coefficient (Wildman–Crippen LogP) is 1.76. The van der Waals surface area contributed by atoms with Crippen molar-refractivity contribution in [1.82, 2.24) is 0 Å². The SMILES string of the molecule is CCC(C)(C)OCC(C)C(=N)N. The lowest BCUT2D eigenvalue weighted by Gasteiger charge is -2.25. The van der Waals surface area contributed by atoms with E-state index in [0.29, 0.717) is 6.61 Å². The average molecular weight is 172 g/mol. The normalized spacial score (nSPS) is 14.3. The fraction of sp³-hybridized carbons (Fsp3) is 0.889. The van der Waals surface area contributed by atoms with Crippen LogP contribution in [-0.2, 0) is 4.74 Å². The number of nitrogens with one attached hydrogen (secondary N) is 1. The van der Waals surface area contributed by atoms with Crippen molar-refractivity contribution in [1.29, 1.82) is 5.41 Å². The van der Waals surface area contributed by atoms with Crippen molar-refractivity contribution in [2.75, 3.05) is 6.61 Å². The summed E-state index contributed by atoms with van der Waals surface area (Å²) >= 11 is 0. The molecule has 0 aliphatic rings. The fourth-order valence-electron chi connectivity index (χ4n) is 0.542. The zero-order valence-electron chi connectivity index (χ0n) is 8.48. The van der Waals surface area contributed by atoms with Gasteiger partial charge in [0.1, 0.15) is 0 Å². The van der Waals surface area contributed by atoms with Gasteiger partial charge in [-0.05, 0) is 20.3 Å². The molecule has 0 saturated carbocycles. The molecule has 0 saturated heterocycles. The van der Waals surface area contributed by atoms with E-state index >= 15 is 0 Å². The van der Waals surface area contributed by atoms with E-state index in [-0.39, 0.29) is 17.4 Å². The Kier molecular flexibility index (Phi) is 4.24. The van der Waals surface area contributed by atoms with Gasteiger partial charge in [0, 0.05) is 5.92 Å². The average Bonchev–Trinajstić information content (AvgIpc) is 2.00. The van der Waals surface area contributed by atoms with E-state index in [1.54, 1.807) is 0 Å². The summed E-state index contributed by atoms with van der Waals surface area (Å²) in [6.07, 6.45) is 0.970. The highest BCUT2D eigenvalue weighted by Gasteiger charge is 2.17. The van der Waals surface area contributed by atoms with Gasteiger partial charge in [0.15, 0.2) is 0 Å². The summed E-state index contributed by atoms with van der Waals surface area (Å²) in [4.78, 5) is 0. The molecule has 3 N–H and O–H groups in total. The maximum atomic E-state index is 7.16. The molecule has 0 aromatic rings. The van der Waals surface area contributed by atoms with Crippen LogP contribution in [0.4, 0.5) is 0 Å². The molecule has 1 unspecified atom stereocenters. The minimum Gasteiger partial charge on any atom is -0.387 e. The van der Waals surface area contributed by atoms with Crippen LogP contribution >= 0.6 is 0 Å². The lowest BCUT2D eigenvalue weighted by molar-refractivity contribution is -0.0272. The molecule has 0 aromatic heterocycles. The molecule has 0 amide bonds. The van der Waals surface area contributed by atoms with Crippen molar-refractivity contribution in [2.45, 2.75) is 39.7 Å². The summed E-state index contributed by atoms with van der Waals surface area (Å²) in [5, 5.41) is 7.16. The molecule has 0 rings (SSSR count).